The summed E-state index contributed by atoms with van der Waals surface area (Å²) in [7, 11) is 0. The quantitative estimate of drug-likeness (QED) is 0.584. The molecule has 0 saturated heterocycles. The molecule has 0 spiro atoms. The summed E-state index contributed by atoms with van der Waals surface area (Å²) in [6.45, 7) is 3.86. The molecular formula is C26H24N2O5. The largest absolute Gasteiger partial charge is 0.478 e. The van der Waals surface area contributed by atoms with E-state index < -0.39 is 5.97 Å². The van der Waals surface area contributed by atoms with E-state index in [4.69, 9.17) is 9.47 Å². The molecule has 5 rings (SSSR count). The number of carboxylic acids is 1. The number of amides is 1. The third-order valence-corrected chi connectivity index (χ3v) is 6.20. The summed E-state index contributed by atoms with van der Waals surface area (Å²) in [6.07, 6.45) is 0.739. The van der Waals surface area contributed by atoms with E-state index in [1.165, 1.54) is 0 Å². The van der Waals surface area contributed by atoms with Crippen molar-refractivity contribution in [2.45, 2.75) is 32.4 Å². The fourth-order valence-corrected chi connectivity index (χ4v) is 4.65. The summed E-state index contributed by atoms with van der Waals surface area (Å²) in [5.74, 6) is 0.490. The first-order chi connectivity index (χ1) is 15.9. The smallest absolute Gasteiger partial charge is 0.335 e. The van der Waals surface area contributed by atoms with Crippen LogP contribution in [0.1, 0.15) is 42.2 Å². The van der Waals surface area contributed by atoms with Gasteiger partial charge < -0.3 is 24.8 Å². The molecule has 2 aliphatic heterocycles. The van der Waals surface area contributed by atoms with E-state index >= 15 is 0 Å². The second kappa shape index (κ2) is 8.16. The summed E-state index contributed by atoms with van der Waals surface area (Å²) in [5, 5.41) is 12.8. The molecule has 2 heterocycles. The normalized spacial score (nSPS) is 18.5. The molecule has 7 heteroatoms. The number of rotatable bonds is 4. The molecule has 0 aliphatic carbocycles. The van der Waals surface area contributed by atoms with Gasteiger partial charge in [-0.1, -0.05) is 18.2 Å². The van der Waals surface area contributed by atoms with Gasteiger partial charge in [0.2, 0.25) is 12.7 Å². The molecule has 0 unspecified atom stereocenters. The van der Waals surface area contributed by atoms with Crippen molar-refractivity contribution in [1.29, 1.82) is 0 Å². The van der Waals surface area contributed by atoms with E-state index in [1.807, 2.05) is 35.2 Å². The van der Waals surface area contributed by atoms with E-state index in [2.05, 4.69) is 18.3 Å². The third kappa shape index (κ3) is 3.86. The Kier molecular flexibility index (Phi) is 5.17. The molecule has 3 aromatic carbocycles. The van der Waals surface area contributed by atoms with Gasteiger partial charge in [-0.15, -0.1) is 0 Å². The van der Waals surface area contributed by atoms with Crippen molar-refractivity contribution in [2.75, 3.05) is 17.0 Å². The third-order valence-electron chi connectivity index (χ3n) is 6.20. The number of aromatic carboxylic acids is 1. The summed E-state index contributed by atoms with van der Waals surface area (Å²) in [5.41, 5.74) is 4.93. The number of carbonyl (C=O) groups excluding carboxylic acids is 1. The number of ether oxygens (including phenoxy) is 2. The molecule has 0 bridgehead atoms. The number of fused-ring (bicyclic) bond motifs is 2. The van der Waals surface area contributed by atoms with Crippen LogP contribution in [-0.2, 0) is 4.79 Å². The zero-order valence-corrected chi connectivity index (χ0v) is 18.4. The molecule has 7 nitrogen and oxygen atoms in total. The SMILES string of the molecule is CC(=O)N1c2ccc(-c3ccc(C(=O)O)cc3)cc2[C@@H](Nc2ccc3c(c2)OCO3)C[C@H]1C. The van der Waals surface area contributed by atoms with Crippen LogP contribution < -0.4 is 19.7 Å². The van der Waals surface area contributed by atoms with Crippen molar-refractivity contribution in [3.63, 3.8) is 0 Å². The number of nitrogens with one attached hydrogen (secondary N) is 1. The van der Waals surface area contributed by atoms with Crippen LogP contribution in [-0.4, -0.2) is 29.8 Å². The Labute approximate surface area is 191 Å². The van der Waals surface area contributed by atoms with E-state index in [0.29, 0.717) is 5.75 Å². The Hall–Kier alpha value is -4.00. The fraction of sp³-hybridized carbons (Fsp3) is 0.231. The second-order valence-electron chi connectivity index (χ2n) is 8.39. The maximum Gasteiger partial charge on any atom is 0.335 e. The Bertz CT molecular complexity index is 1240. The molecule has 3 aromatic rings. The van der Waals surface area contributed by atoms with E-state index in [0.717, 1.165) is 40.2 Å². The number of benzene rings is 3. The lowest BCUT2D eigenvalue weighted by molar-refractivity contribution is -0.117. The number of carbonyl (C=O) groups is 2. The van der Waals surface area contributed by atoms with Crippen molar-refractivity contribution in [1.82, 2.24) is 0 Å². The molecule has 2 atom stereocenters. The van der Waals surface area contributed by atoms with Crippen LogP contribution in [0.2, 0.25) is 0 Å². The lowest BCUT2D eigenvalue weighted by atomic mass is 9.88. The average molecular weight is 444 g/mol. The lowest BCUT2D eigenvalue weighted by Crippen LogP contribution is -2.43. The highest BCUT2D eigenvalue weighted by atomic mass is 16.7. The minimum Gasteiger partial charge on any atom is -0.478 e. The first-order valence-electron chi connectivity index (χ1n) is 10.8. The van der Waals surface area contributed by atoms with Gasteiger partial charge in [0, 0.05) is 30.4 Å². The van der Waals surface area contributed by atoms with Gasteiger partial charge in [-0.25, -0.2) is 4.79 Å². The molecule has 33 heavy (non-hydrogen) atoms. The number of nitrogens with zero attached hydrogens (tertiary/aromatic N) is 1. The van der Waals surface area contributed by atoms with E-state index in [9.17, 15) is 14.7 Å². The summed E-state index contributed by atoms with van der Waals surface area (Å²) >= 11 is 0. The molecule has 168 valence electrons. The summed E-state index contributed by atoms with van der Waals surface area (Å²) in [6, 6.07) is 18.6. The van der Waals surface area contributed by atoms with Crippen molar-refractivity contribution < 1.29 is 24.2 Å². The zero-order valence-electron chi connectivity index (χ0n) is 18.4. The van der Waals surface area contributed by atoms with Crippen LogP contribution in [0.4, 0.5) is 11.4 Å². The Morgan fingerprint density at radius 3 is 2.42 bits per heavy atom. The molecule has 1 amide bonds. The first kappa shape index (κ1) is 20.9. The molecule has 0 radical (unpaired) electrons. The van der Waals surface area contributed by atoms with Crippen LogP contribution in [0.3, 0.4) is 0 Å². The molecule has 2 N–H and O–H groups in total. The highest BCUT2D eigenvalue weighted by molar-refractivity contribution is 5.94. The lowest BCUT2D eigenvalue weighted by Gasteiger charge is -2.39. The minimum atomic E-state index is -0.953. The number of hydrogen-bond acceptors (Lipinski definition) is 5. The van der Waals surface area contributed by atoms with Gasteiger partial charge in [-0.2, -0.15) is 0 Å². The Balaban J connectivity index is 1.53. The van der Waals surface area contributed by atoms with Crippen LogP contribution in [0, 0.1) is 0 Å². The van der Waals surface area contributed by atoms with Crippen LogP contribution in [0.25, 0.3) is 11.1 Å². The summed E-state index contributed by atoms with van der Waals surface area (Å²) in [4.78, 5) is 25.5. The fourth-order valence-electron chi connectivity index (χ4n) is 4.65. The van der Waals surface area contributed by atoms with Crippen molar-refractivity contribution >= 4 is 23.3 Å². The van der Waals surface area contributed by atoms with Gasteiger partial charge in [0.05, 0.1) is 11.6 Å². The number of hydrogen-bond donors (Lipinski definition) is 2. The highest BCUT2D eigenvalue weighted by Crippen LogP contribution is 2.42. The van der Waals surface area contributed by atoms with Crippen LogP contribution >= 0.6 is 0 Å². The summed E-state index contributed by atoms with van der Waals surface area (Å²) < 4.78 is 10.9. The van der Waals surface area contributed by atoms with Gasteiger partial charge in [-0.05, 0) is 66.4 Å². The Morgan fingerprint density at radius 1 is 0.970 bits per heavy atom. The van der Waals surface area contributed by atoms with Gasteiger partial charge in [0.1, 0.15) is 0 Å². The number of carboxylic acid groups (broad SMARTS) is 1. The maximum absolute atomic E-state index is 12.4. The van der Waals surface area contributed by atoms with Crippen LogP contribution in [0.5, 0.6) is 11.5 Å². The second-order valence-corrected chi connectivity index (χ2v) is 8.39. The molecule has 0 aromatic heterocycles. The van der Waals surface area contributed by atoms with E-state index in [-0.39, 0.29) is 30.3 Å². The number of anilines is 2. The van der Waals surface area contributed by atoms with Gasteiger partial charge >= 0.3 is 5.97 Å². The predicted octanol–water partition coefficient (Wildman–Crippen LogP) is 5.08. The zero-order chi connectivity index (χ0) is 23.1. The van der Waals surface area contributed by atoms with Crippen LogP contribution in [0.15, 0.2) is 60.7 Å². The van der Waals surface area contributed by atoms with Crippen molar-refractivity contribution in [3.05, 3.63) is 71.8 Å². The van der Waals surface area contributed by atoms with E-state index in [1.54, 1.807) is 31.2 Å². The Morgan fingerprint density at radius 2 is 1.70 bits per heavy atom. The highest BCUT2D eigenvalue weighted by Gasteiger charge is 2.33. The molecule has 2 aliphatic rings. The van der Waals surface area contributed by atoms with Crippen molar-refractivity contribution in [2.24, 2.45) is 0 Å². The van der Waals surface area contributed by atoms with Crippen molar-refractivity contribution in [3.8, 4) is 22.6 Å². The monoisotopic (exact) mass is 444 g/mol. The van der Waals surface area contributed by atoms with Gasteiger partial charge in [-0.3, -0.25) is 4.79 Å². The van der Waals surface area contributed by atoms with Gasteiger partial charge in [0.15, 0.2) is 11.5 Å². The molecular weight excluding hydrogens is 420 g/mol. The predicted molar refractivity (Wildman–Crippen MR) is 125 cm³/mol. The standard InChI is InChI=1S/C26H24N2O5/c1-15-11-22(27-20-8-10-24-25(13-20)33-14-32-24)21-12-19(7-9-23(21)28(15)16(2)29)17-3-5-18(6-4-17)26(30)31/h3-10,12-13,15,22,27H,11,14H2,1-2H3,(H,30,31)/t15-,22+/m1/s1. The topological polar surface area (TPSA) is 88.1 Å². The average Bonchev–Trinajstić information content (AvgIpc) is 3.26. The first-order valence-corrected chi connectivity index (χ1v) is 10.8. The molecule has 0 saturated carbocycles. The van der Waals surface area contributed by atoms with Gasteiger partial charge in [0.25, 0.3) is 0 Å². The minimum absolute atomic E-state index is 0.00356. The molecule has 0 fully saturated rings. The maximum atomic E-state index is 12.4.